The highest BCUT2D eigenvalue weighted by Crippen LogP contribution is 2.37. The first-order chi connectivity index (χ1) is 9.13. The fraction of sp³-hybridized carbons (Fsp3) is 0.571. The molecule has 5 heteroatoms. The summed E-state index contributed by atoms with van der Waals surface area (Å²) in [6.07, 6.45) is 4.84. The molecule has 1 aliphatic carbocycles. The van der Waals surface area contributed by atoms with Gasteiger partial charge in [0.25, 0.3) is 0 Å². The van der Waals surface area contributed by atoms with Gasteiger partial charge in [-0.3, -0.25) is 0 Å². The second-order valence-electron chi connectivity index (χ2n) is 4.83. The van der Waals surface area contributed by atoms with Crippen molar-refractivity contribution in [1.29, 1.82) is 0 Å². The van der Waals surface area contributed by atoms with Gasteiger partial charge in [-0.25, -0.2) is 0 Å². The second kappa shape index (κ2) is 6.82. The van der Waals surface area contributed by atoms with E-state index in [1.807, 2.05) is 12.1 Å². The number of methoxy groups -OCH3 is 2. The van der Waals surface area contributed by atoms with Gasteiger partial charge in [0.15, 0.2) is 5.75 Å². The van der Waals surface area contributed by atoms with E-state index < -0.39 is 0 Å². The summed E-state index contributed by atoms with van der Waals surface area (Å²) in [5.74, 6) is 0.795. The highest BCUT2D eigenvalue weighted by atomic mass is 79.9. The SMILES string of the molecule is COc1c(Br)cc(Cl)cc1NC1CCCC(OC)C1. The summed E-state index contributed by atoms with van der Waals surface area (Å²) >= 11 is 9.58. The molecule has 2 rings (SSSR count). The highest BCUT2D eigenvalue weighted by Gasteiger charge is 2.23. The number of rotatable bonds is 4. The van der Waals surface area contributed by atoms with Gasteiger partial charge in [0, 0.05) is 18.2 Å². The largest absolute Gasteiger partial charge is 0.493 e. The summed E-state index contributed by atoms with van der Waals surface area (Å²) in [4.78, 5) is 0. The molecule has 0 spiro atoms. The molecule has 1 fully saturated rings. The molecule has 1 aliphatic rings. The van der Waals surface area contributed by atoms with Crippen LogP contribution in [-0.2, 0) is 4.74 Å². The molecule has 2 atom stereocenters. The molecule has 0 heterocycles. The predicted molar refractivity (Wildman–Crippen MR) is 82.4 cm³/mol. The van der Waals surface area contributed by atoms with Crippen LogP contribution in [0.15, 0.2) is 16.6 Å². The van der Waals surface area contributed by atoms with Crippen LogP contribution in [0.2, 0.25) is 5.02 Å². The number of hydrogen-bond donors (Lipinski definition) is 1. The molecule has 106 valence electrons. The van der Waals surface area contributed by atoms with Gasteiger partial charge >= 0.3 is 0 Å². The van der Waals surface area contributed by atoms with Crippen LogP contribution in [0.5, 0.6) is 5.75 Å². The number of ether oxygens (including phenoxy) is 2. The van der Waals surface area contributed by atoms with Crippen molar-refractivity contribution in [1.82, 2.24) is 0 Å². The first kappa shape index (κ1) is 14.9. The van der Waals surface area contributed by atoms with Crippen molar-refractivity contribution >= 4 is 33.2 Å². The molecule has 0 aliphatic heterocycles. The lowest BCUT2D eigenvalue weighted by Crippen LogP contribution is -2.31. The van der Waals surface area contributed by atoms with Crippen molar-refractivity contribution in [3.05, 3.63) is 21.6 Å². The molecule has 1 N–H and O–H groups in total. The Morgan fingerprint density at radius 3 is 2.79 bits per heavy atom. The predicted octanol–water partition coefficient (Wildman–Crippen LogP) is 4.48. The molecule has 0 saturated heterocycles. The number of hydrogen-bond acceptors (Lipinski definition) is 3. The summed E-state index contributed by atoms with van der Waals surface area (Å²) in [6, 6.07) is 4.14. The van der Waals surface area contributed by atoms with Crippen LogP contribution >= 0.6 is 27.5 Å². The molecule has 0 aromatic heterocycles. The average Bonchev–Trinajstić information content (AvgIpc) is 2.38. The Labute approximate surface area is 127 Å². The topological polar surface area (TPSA) is 30.5 Å². The summed E-state index contributed by atoms with van der Waals surface area (Å²) in [5.41, 5.74) is 0.934. The quantitative estimate of drug-likeness (QED) is 0.870. The minimum Gasteiger partial charge on any atom is -0.493 e. The zero-order valence-electron chi connectivity index (χ0n) is 11.2. The Kier molecular flexibility index (Phi) is 5.37. The summed E-state index contributed by atoms with van der Waals surface area (Å²) < 4.78 is 11.7. The molecule has 1 saturated carbocycles. The van der Waals surface area contributed by atoms with E-state index in [4.69, 9.17) is 21.1 Å². The van der Waals surface area contributed by atoms with Crippen LogP contribution in [0, 0.1) is 0 Å². The Morgan fingerprint density at radius 1 is 1.32 bits per heavy atom. The lowest BCUT2D eigenvalue weighted by atomic mass is 9.92. The van der Waals surface area contributed by atoms with Gasteiger partial charge < -0.3 is 14.8 Å². The maximum Gasteiger partial charge on any atom is 0.156 e. The van der Waals surface area contributed by atoms with Crippen molar-refractivity contribution in [3.8, 4) is 5.75 Å². The van der Waals surface area contributed by atoms with Crippen molar-refractivity contribution in [3.63, 3.8) is 0 Å². The van der Waals surface area contributed by atoms with Crippen LogP contribution in [0.1, 0.15) is 25.7 Å². The van der Waals surface area contributed by atoms with E-state index in [2.05, 4.69) is 21.2 Å². The van der Waals surface area contributed by atoms with Crippen molar-refractivity contribution < 1.29 is 9.47 Å². The van der Waals surface area contributed by atoms with E-state index in [1.165, 1.54) is 6.42 Å². The van der Waals surface area contributed by atoms with E-state index in [0.717, 1.165) is 35.2 Å². The van der Waals surface area contributed by atoms with Gasteiger partial charge in [-0.15, -0.1) is 0 Å². The molecule has 19 heavy (non-hydrogen) atoms. The smallest absolute Gasteiger partial charge is 0.156 e. The van der Waals surface area contributed by atoms with Gasteiger partial charge in [0.05, 0.1) is 23.4 Å². The first-order valence-corrected chi connectivity index (χ1v) is 7.63. The molecular formula is C14H19BrClNO2. The first-order valence-electron chi connectivity index (χ1n) is 6.46. The van der Waals surface area contributed by atoms with Gasteiger partial charge in [0.2, 0.25) is 0 Å². The van der Waals surface area contributed by atoms with E-state index >= 15 is 0 Å². The highest BCUT2D eigenvalue weighted by molar-refractivity contribution is 9.10. The molecule has 1 aromatic rings. The zero-order chi connectivity index (χ0) is 13.8. The van der Waals surface area contributed by atoms with Crippen LogP contribution in [0.25, 0.3) is 0 Å². The van der Waals surface area contributed by atoms with Gasteiger partial charge in [-0.05, 0) is 53.7 Å². The molecule has 2 unspecified atom stereocenters. The molecule has 0 radical (unpaired) electrons. The average molecular weight is 349 g/mol. The Morgan fingerprint density at radius 2 is 2.11 bits per heavy atom. The van der Waals surface area contributed by atoms with E-state index in [-0.39, 0.29) is 0 Å². The third-order valence-electron chi connectivity index (χ3n) is 3.53. The summed E-state index contributed by atoms with van der Waals surface area (Å²) in [6.45, 7) is 0. The van der Waals surface area contributed by atoms with Crippen LogP contribution in [-0.4, -0.2) is 26.4 Å². The van der Waals surface area contributed by atoms with Crippen molar-refractivity contribution in [2.45, 2.75) is 37.8 Å². The van der Waals surface area contributed by atoms with Gasteiger partial charge in [-0.1, -0.05) is 11.6 Å². The Bertz CT molecular complexity index is 442. The third kappa shape index (κ3) is 3.77. The van der Waals surface area contributed by atoms with Crippen LogP contribution < -0.4 is 10.1 Å². The lowest BCUT2D eigenvalue weighted by molar-refractivity contribution is 0.0669. The molecule has 1 aromatic carbocycles. The third-order valence-corrected chi connectivity index (χ3v) is 4.34. The zero-order valence-corrected chi connectivity index (χ0v) is 13.6. The minimum absolute atomic E-state index is 0.347. The normalized spacial score (nSPS) is 23.2. The number of benzene rings is 1. The van der Waals surface area contributed by atoms with Crippen LogP contribution in [0.3, 0.4) is 0 Å². The minimum atomic E-state index is 0.347. The standard InChI is InChI=1S/C14H19BrClNO2/c1-18-11-5-3-4-10(8-11)17-13-7-9(16)6-12(15)14(13)19-2/h6-7,10-11,17H,3-5,8H2,1-2H3. The van der Waals surface area contributed by atoms with E-state index in [0.29, 0.717) is 17.2 Å². The molecule has 3 nitrogen and oxygen atoms in total. The van der Waals surface area contributed by atoms with E-state index in [1.54, 1.807) is 14.2 Å². The Balaban J connectivity index is 2.14. The lowest BCUT2D eigenvalue weighted by Gasteiger charge is -2.30. The maximum absolute atomic E-state index is 6.10. The van der Waals surface area contributed by atoms with E-state index in [9.17, 15) is 0 Å². The monoisotopic (exact) mass is 347 g/mol. The van der Waals surface area contributed by atoms with Gasteiger partial charge in [-0.2, -0.15) is 0 Å². The second-order valence-corrected chi connectivity index (χ2v) is 6.12. The van der Waals surface area contributed by atoms with Gasteiger partial charge in [0.1, 0.15) is 0 Å². The molecule has 0 amide bonds. The number of halogens is 2. The maximum atomic E-state index is 6.10. The molecular weight excluding hydrogens is 330 g/mol. The van der Waals surface area contributed by atoms with Crippen molar-refractivity contribution in [2.24, 2.45) is 0 Å². The van der Waals surface area contributed by atoms with Crippen LogP contribution in [0.4, 0.5) is 5.69 Å². The molecule has 0 bridgehead atoms. The Hall–Kier alpha value is -0.450. The number of nitrogens with one attached hydrogen (secondary N) is 1. The fourth-order valence-corrected chi connectivity index (χ4v) is 3.56. The summed E-state index contributed by atoms with van der Waals surface area (Å²) in [5, 5.41) is 4.22. The fourth-order valence-electron chi connectivity index (χ4n) is 2.59. The number of anilines is 1. The van der Waals surface area contributed by atoms with Crippen molar-refractivity contribution in [2.75, 3.05) is 19.5 Å². The summed E-state index contributed by atoms with van der Waals surface area (Å²) in [7, 11) is 3.45.